The Bertz CT molecular complexity index is 642. The number of carbonyl (C=O) groups is 1. The fourth-order valence-electron chi connectivity index (χ4n) is 1.20. The molecule has 0 aliphatic heterocycles. The molecular weight excluding hydrogens is 311 g/mol. The third-order valence-electron chi connectivity index (χ3n) is 2.12. The normalized spacial score (nSPS) is 10.8. The van der Waals surface area contributed by atoms with Gasteiger partial charge in [-0.05, 0) is 18.2 Å². The SMILES string of the molecule is N#CCOC(=O)CCNS(=O)(=O)c1ccc(F)c(Cl)c1. The Hall–Kier alpha value is -1.69. The van der Waals surface area contributed by atoms with Crippen molar-refractivity contribution < 1.29 is 22.3 Å². The second-order valence-electron chi connectivity index (χ2n) is 3.54. The molecule has 0 saturated heterocycles. The number of ether oxygens (including phenoxy) is 1. The maximum atomic E-state index is 12.9. The lowest BCUT2D eigenvalue weighted by molar-refractivity contribution is -0.142. The lowest BCUT2D eigenvalue weighted by Crippen LogP contribution is -2.26. The molecule has 20 heavy (non-hydrogen) atoms. The van der Waals surface area contributed by atoms with Gasteiger partial charge >= 0.3 is 5.97 Å². The number of carbonyl (C=O) groups excluding carboxylic acids is 1. The summed E-state index contributed by atoms with van der Waals surface area (Å²) in [7, 11) is -3.89. The lowest BCUT2D eigenvalue weighted by Gasteiger charge is -2.07. The number of hydrogen-bond donors (Lipinski definition) is 1. The summed E-state index contributed by atoms with van der Waals surface area (Å²) in [6.07, 6.45) is -0.226. The Kier molecular flexibility index (Phi) is 5.88. The van der Waals surface area contributed by atoms with Gasteiger partial charge in [-0.25, -0.2) is 17.5 Å². The largest absolute Gasteiger partial charge is 0.450 e. The molecule has 0 radical (unpaired) electrons. The number of nitriles is 1. The first-order chi connectivity index (χ1) is 9.36. The van der Waals surface area contributed by atoms with Crippen molar-refractivity contribution in [3.05, 3.63) is 29.0 Å². The summed E-state index contributed by atoms with van der Waals surface area (Å²) in [5.41, 5.74) is 0. The van der Waals surface area contributed by atoms with Crippen LogP contribution in [0.5, 0.6) is 0 Å². The van der Waals surface area contributed by atoms with Crippen LogP contribution < -0.4 is 4.72 Å². The Morgan fingerprint density at radius 1 is 1.50 bits per heavy atom. The van der Waals surface area contributed by atoms with Gasteiger partial charge in [0.15, 0.2) is 6.61 Å². The average molecular weight is 321 g/mol. The van der Waals surface area contributed by atoms with E-state index in [0.717, 1.165) is 18.2 Å². The van der Waals surface area contributed by atoms with E-state index < -0.39 is 21.8 Å². The van der Waals surface area contributed by atoms with Crippen LogP contribution in [0.25, 0.3) is 0 Å². The van der Waals surface area contributed by atoms with Crippen molar-refractivity contribution in [3.63, 3.8) is 0 Å². The predicted molar refractivity (Wildman–Crippen MR) is 67.8 cm³/mol. The minimum atomic E-state index is -3.89. The third kappa shape index (κ3) is 4.77. The number of hydrogen-bond acceptors (Lipinski definition) is 5. The van der Waals surface area contributed by atoms with Crippen LogP contribution in [-0.4, -0.2) is 27.5 Å². The van der Waals surface area contributed by atoms with Crippen LogP contribution in [0.15, 0.2) is 23.1 Å². The van der Waals surface area contributed by atoms with Crippen molar-refractivity contribution in [2.45, 2.75) is 11.3 Å². The minimum absolute atomic E-state index is 0.207. The van der Waals surface area contributed by atoms with E-state index in [-0.39, 0.29) is 29.5 Å². The zero-order chi connectivity index (χ0) is 15.2. The van der Waals surface area contributed by atoms with Crippen molar-refractivity contribution >= 4 is 27.6 Å². The van der Waals surface area contributed by atoms with E-state index in [1.165, 1.54) is 0 Å². The number of nitrogens with one attached hydrogen (secondary N) is 1. The number of esters is 1. The highest BCUT2D eigenvalue weighted by Crippen LogP contribution is 2.19. The summed E-state index contributed by atoms with van der Waals surface area (Å²) in [4.78, 5) is 10.8. The highest BCUT2D eigenvalue weighted by molar-refractivity contribution is 7.89. The van der Waals surface area contributed by atoms with E-state index in [1.807, 2.05) is 0 Å². The Morgan fingerprint density at radius 2 is 2.20 bits per heavy atom. The lowest BCUT2D eigenvalue weighted by atomic mass is 10.3. The van der Waals surface area contributed by atoms with Crippen molar-refractivity contribution in [2.24, 2.45) is 0 Å². The van der Waals surface area contributed by atoms with Crippen LogP contribution in [0.3, 0.4) is 0 Å². The molecule has 6 nitrogen and oxygen atoms in total. The molecule has 1 N–H and O–H groups in total. The van der Waals surface area contributed by atoms with Crippen molar-refractivity contribution in [2.75, 3.05) is 13.2 Å². The molecule has 0 aliphatic carbocycles. The van der Waals surface area contributed by atoms with E-state index >= 15 is 0 Å². The van der Waals surface area contributed by atoms with Crippen LogP contribution in [0.2, 0.25) is 5.02 Å². The topological polar surface area (TPSA) is 96.3 Å². The molecule has 9 heteroatoms. The fraction of sp³-hybridized carbons (Fsp3) is 0.273. The summed E-state index contributed by atoms with van der Waals surface area (Å²) in [6, 6.07) is 4.56. The van der Waals surface area contributed by atoms with Gasteiger partial charge in [-0.1, -0.05) is 11.6 Å². The summed E-state index contributed by atoms with van der Waals surface area (Å²) in [6.45, 7) is -0.596. The zero-order valence-corrected chi connectivity index (χ0v) is 11.7. The van der Waals surface area contributed by atoms with Gasteiger partial charge in [0.25, 0.3) is 0 Å². The second-order valence-corrected chi connectivity index (χ2v) is 5.72. The maximum Gasteiger partial charge on any atom is 0.308 e. The van der Waals surface area contributed by atoms with Crippen LogP contribution in [-0.2, 0) is 19.6 Å². The van der Waals surface area contributed by atoms with E-state index in [1.54, 1.807) is 6.07 Å². The van der Waals surface area contributed by atoms with E-state index in [9.17, 15) is 17.6 Å². The van der Waals surface area contributed by atoms with Gasteiger partial charge in [0.05, 0.1) is 16.3 Å². The smallest absolute Gasteiger partial charge is 0.308 e. The van der Waals surface area contributed by atoms with E-state index in [0.29, 0.717) is 0 Å². The summed E-state index contributed by atoms with van der Waals surface area (Å²) < 4.78 is 43.1. The molecule has 0 saturated carbocycles. The first-order valence-electron chi connectivity index (χ1n) is 5.34. The Balaban J connectivity index is 2.60. The third-order valence-corrected chi connectivity index (χ3v) is 3.87. The van der Waals surface area contributed by atoms with Crippen molar-refractivity contribution in [1.29, 1.82) is 5.26 Å². The molecule has 0 bridgehead atoms. The van der Waals surface area contributed by atoms with Crippen LogP contribution in [0.1, 0.15) is 6.42 Å². The second kappa shape index (κ2) is 7.19. The van der Waals surface area contributed by atoms with Crippen molar-refractivity contribution in [3.8, 4) is 6.07 Å². The molecule has 1 aromatic rings. The molecule has 0 heterocycles. The standard InChI is InChI=1S/C11H10ClFN2O4S/c12-9-7-8(1-2-10(9)13)20(17,18)15-5-3-11(16)19-6-4-14/h1-2,7,15H,3,5-6H2. The number of sulfonamides is 1. The molecule has 0 aromatic heterocycles. The van der Waals surface area contributed by atoms with Gasteiger partial charge in [0.2, 0.25) is 10.0 Å². The van der Waals surface area contributed by atoms with E-state index in [2.05, 4.69) is 9.46 Å². The zero-order valence-electron chi connectivity index (χ0n) is 10.1. The van der Waals surface area contributed by atoms with Gasteiger partial charge in [0.1, 0.15) is 11.9 Å². The molecule has 0 aliphatic rings. The Labute approximate surface area is 120 Å². The number of halogens is 2. The first kappa shape index (κ1) is 16.4. The van der Waals surface area contributed by atoms with Gasteiger partial charge in [0, 0.05) is 6.54 Å². The summed E-state index contributed by atoms with van der Waals surface area (Å²) >= 11 is 5.49. The molecular formula is C11H10ClFN2O4S. The van der Waals surface area contributed by atoms with Crippen LogP contribution in [0.4, 0.5) is 4.39 Å². The minimum Gasteiger partial charge on any atom is -0.450 e. The Morgan fingerprint density at radius 3 is 2.80 bits per heavy atom. The first-order valence-corrected chi connectivity index (χ1v) is 7.20. The van der Waals surface area contributed by atoms with Gasteiger partial charge in [-0.2, -0.15) is 5.26 Å². The highest BCUT2D eigenvalue weighted by atomic mass is 35.5. The number of rotatable bonds is 6. The van der Waals surface area contributed by atoms with Crippen LogP contribution in [0, 0.1) is 17.1 Å². The molecule has 0 spiro atoms. The van der Waals surface area contributed by atoms with E-state index in [4.69, 9.17) is 16.9 Å². The summed E-state index contributed by atoms with van der Waals surface area (Å²) in [5, 5.41) is 7.87. The molecule has 1 rings (SSSR count). The molecule has 1 aromatic carbocycles. The fourth-order valence-corrected chi connectivity index (χ4v) is 2.50. The molecule has 108 valence electrons. The maximum absolute atomic E-state index is 12.9. The highest BCUT2D eigenvalue weighted by Gasteiger charge is 2.16. The molecule has 0 unspecified atom stereocenters. The molecule has 0 fully saturated rings. The summed E-state index contributed by atoms with van der Waals surface area (Å²) in [5.74, 6) is -1.43. The van der Waals surface area contributed by atoms with Gasteiger partial charge in [-0.3, -0.25) is 4.79 Å². The van der Waals surface area contributed by atoms with Crippen molar-refractivity contribution in [1.82, 2.24) is 4.72 Å². The number of benzene rings is 1. The number of nitrogens with zero attached hydrogens (tertiary/aromatic N) is 1. The van der Waals surface area contributed by atoms with Gasteiger partial charge in [-0.15, -0.1) is 0 Å². The quantitative estimate of drug-likeness (QED) is 0.795. The molecule has 0 amide bonds. The predicted octanol–water partition coefficient (Wildman–Crippen LogP) is 1.21. The molecule has 0 atom stereocenters. The van der Waals surface area contributed by atoms with Crippen LogP contribution >= 0.6 is 11.6 Å². The van der Waals surface area contributed by atoms with Gasteiger partial charge < -0.3 is 4.74 Å². The monoisotopic (exact) mass is 320 g/mol. The average Bonchev–Trinajstić information content (AvgIpc) is 2.39.